The van der Waals surface area contributed by atoms with E-state index in [9.17, 15) is 9.59 Å². The number of piperidine rings is 1. The van der Waals surface area contributed by atoms with E-state index in [0.29, 0.717) is 12.8 Å². The molecular formula is C22H32ClN3O3. The number of nitrogens with one attached hydrogen (secondary N) is 1. The molecule has 3 rings (SSSR count). The first-order valence-corrected chi connectivity index (χ1v) is 10.5. The number of carbonyl (C=O) groups excluding carboxylic acids is 1. The molecule has 1 fully saturated rings. The number of aromatic nitrogens is 1. The lowest BCUT2D eigenvalue weighted by Gasteiger charge is -2.20. The molecule has 1 aliphatic rings. The number of aliphatic carboxylic acids is 1. The molecule has 2 aromatic rings. The van der Waals surface area contributed by atoms with Crippen LogP contribution in [0, 0.1) is 5.92 Å². The number of hydrogen-bond acceptors (Lipinski definition) is 2. The van der Waals surface area contributed by atoms with Crippen LogP contribution < -0.4 is 23.0 Å². The summed E-state index contributed by atoms with van der Waals surface area (Å²) in [5.74, 6) is -0.109. The van der Waals surface area contributed by atoms with Crippen LogP contribution in [-0.4, -0.2) is 41.2 Å². The number of carbonyl (C=O) groups is 2. The number of quaternary nitrogens is 1. The number of benzene rings is 1. The van der Waals surface area contributed by atoms with Crippen molar-refractivity contribution in [3.8, 4) is 0 Å². The normalized spacial score (nSPS) is 14.5. The number of aryl methyl sites for hydroxylation is 2. The summed E-state index contributed by atoms with van der Waals surface area (Å²) in [6.45, 7) is 3.76. The molecule has 2 heterocycles. The lowest BCUT2D eigenvalue weighted by Crippen LogP contribution is -3.00. The van der Waals surface area contributed by atoms with Crippen molar-refractivity contribution in [3.63, 3.8) is 0 Å². The molecule has 0 atom stereocenters. The minimum absolute atomic E-state index is 0. The molecule has 29 heavy (non-hydrogen) atoms. The number of para-hydroxylation sites is 1. The number of carboxylic acids is 1. The quantitative estimate of drug-likeness (QED) is 0.456. The van der Waals surface area contributed by atoms with Gasteiger partial charge in [-0.2, -0.15) is 0 Å². The van der Waals surface area contributed by atoms with E-state index in [1.807, 2.05) is 6.07 Å². The highest BCUT2D eigenvalue weighted by molar-refractivity contribution is 5.85. The maximum Gasteiger partial charge on any atom is 0.305 e. The molecular weight excluding hydrogens is 390 g/mol. The smallest absolute Gasteiger partial charge is 0.305 e. The maximum absolute atomic E-state index is 12.0. The van der Waals surface area contributed by atoms with Crippen LogP contribution >= 0.6 is 0 Å². The van der Waals surface area contributed by atoms with Crippen molar-refractivity contribution in [1.29, 1.82) is 0 Å². The number of carboxylic acid groups (broad SMARTS) is 1. The van der Waals surface area contributed by atoms with Gasteiger partial charge in [-0.15, -0.1) is 0 Å². The second-order valence-electron chi connectivity index (χ2n) is 7.81. The summed E-state index contributed by atoms with van der Waals surface area (Å²) in [5, 5.41) is 15.0. The molecule has 0 unspecified atom stereocenters. The highest BCUT2D eigenvalue weighted by Gasteiger charge is 2.15. The maximum atomic E-state index is 12.0. The third-order valence-electron chi connectivity index (χ3n) is 5.72. The van der Waals surface area contributed by atoms with Gasteiger partial charge in [-0.05, 0) is 49.7 Å². The standard InChI is InChI=1S/C22H31N3O3.ClH/c26-21(24-14-11-22(27)28)8-7-18-16-25(20-6-2-1-5-19(18)20)15-3-4-17-9-12-23-13-10-17;/h1-2,5-6,16-17,23H,3-4,7-15H2,(H,24,26)(H,27,28);1H. The number of fused-ring (bicyclic) bond motifs is 1. The molecule has 0 radical (unpaired) electrons. The molecule has 0 aliphatic carbocycles. The van der Waals surface area contributed by atoms with Crippen LogP contribution in [0.2, 0.25) is 0 Å². The minimum Gasteiger partial charge on any atom is -1.00 e. The Labute approximate surface area is 178 Å². The molecule has 1 amide bonds. The van der Waals surface area contributed by atoms with Gasteiger partial charge in [-0.1, -0.05) is 18.2 Å². The summed E-state index contributed by atoms with van der Waals surface area (Å²) in [4.78, 5) is 22.5. The van der Waals surface area contributed by atoms with Crippen LogP contribution in [0.1, 0.15) is 44.1 Å². The fraction of sp³-hybridized carbons (Fsp3) is 0.545. The monoisotopic (exact) mass is 421 g/mol. The SMILES string of the molecule is O=C(O)CCNC(=O)CCc1cn(CCCC2CC[NH2+]CC2)c2ccccc12.[Cl-]. The first-order valence-electron chi connectivity index (χ1n) is 10.5. The number of rotatable bonds is 10. The molecule has 1 saturated heterocycles. The lowest BCUT2D eigenvalue weighted by atomic mass is 9.93. The number of nitrogens with two attached hydrogens (primary N) is 1. The third-order valence-corrected chi connectivity index (χ3v) is 5.72. The Morgan fingerprint density at radius 1 is 1.17 bits per heavy atom. The molecule has 0 saturated carbocycles. The van der Waals surface area contributed by atoms with E-state index in [0.717, 1.165) is 12.5 Å². The Morgan fingerprint density at radius 2 is 1.93 bits per heavy atom. The molecule has 1 aromatic heterocycles. The summed E-state index contributed by atoms with van der Waals surface area (Å²) in [6.07, 6.45) is 8.38. The molecule has 1 aliphatic heterocycles. The molecule has 1 aromatic carbocycles. The van der Waals surface area contributed by atoms with Crippen molar-refractivity contribution >= 4 is 22.8 Å². The Morgan fingerprint density at radius 3 is 2.69 bits per heavy atom. The van der Waals surface area contributed by atoms with E-state index in [-0.39, 0.29) is 31.3 Å². The van der Waals surface area contributed by atoms with Crippen LogP contribution in [-0.2, 0) is 22.6 Å². The van der Waals surface area contributed by atoms with Crippen molar-refractivity contribution in [3.05, 3.63) is 36.0 Å². The van der Waals surface area contributed by atoms with Gasteiger partial charge in [0.15, 0.2) is 0 Å². The van der Waals surface area contributed by atoms with E-state index >= 15 is 0 Å². The van der Waals surface area contributed by atoms with E-state index in [1.165, 1.54) is 55.2 Å². The molecule has 4 N–H and O–H groups in total. The van der Waals surface area contributed by atoms with Crippen LogP contribution in [0.3, 0.4) is 0 Å². The highest BCUT2D eigenvalue weighted by Crippen LogP contribution is 2.24. The summed E-state index contributed by atoms with van der Waals surface area (Å²) in [6, 6.07) is 8.39. The Hall–Kier alpha value is -2.05. The van der Waals surface area contributed by atoms with Gasteiger partial charge < -0.3 is 32.7 Å². The molecule has 160 valence electrons. The van der Waals surface area contributed by atoms with E-state index in [2.05, 4.69) is 39.6 Å². The van der Waals surface area contributed by atoms with Crippen LogP contribution in [0.15, 0.2) is 30.5 Å². The first-order chi connectivity index (χ1) is 13.6. The largest absolute Gasteiger partial charge is 1.00 e. The van der Waals surface area contributed by atoms with Crippen molar-refractivity contribution in [1.82, 2.24) is 9.88 Å². The predicted molar refractivity (Wildman–Crippen MR) is 109 cm³/mol. The van der Waals surface area contributed by atoms with Crippen LogP contribution in [0.5, 0.6) is 0 Å². The molecule has 0 spiro atoms. The van der Waals surface area contributed by atoms with Crippen molar-refractivity contribution < 1.29 is 32.4 Å². The zero-order chi connectivity index (χ0) is 19.8. The van der Waals surface area contributed by atoms with Crippen LogP contribution in [0.25, 0.3) is 10.9 Å². The summed E-state index contributed by atoms with van der Waals surface area (Å²) >= 11 is 0. The Balaban J connectivity index is 0.00000300. The molecule has 0 bridgehead atoms. The minimum atomic E-state index is -0.894. The first kappa shape index (κ1) is 23.2. The second kappa shape index (κ2) is 11.8. The average molecular weight is 422 g/mol. The van der Waals surface area contributed by atoms with Crippen LogP contribution in [0.4, 0.5) is 0 Å². The molecule has 7 heteroatoms. The van der Waals surface area contributed by atoms with Gasteiger partial charge in [0.25, 0.3) is 0 Å². The van der Waals surface area contributed by atoms with Gasteiger partial charge in [0.2, 0.25) is 5.91 Å². The van der Waals surface area contributed by atoms with Gasteiger partial charge in [-0.3, -0.25) is 9.59 Å². The zero-order valence-corrected chi connectivity index (χ0v) is 17.7. The van der Waals surface area contributed by atoms with Gasteiger partial charge in [0.05, 0.1) is 19.5 Å². The topological polar surface area (TPSA) is 87.9 Å². The fourth-order valence-corrected chi connectivity index (χ4v) is 4.19. The fourth-order valence-electron chi connectivity index (χ4n) is 4.19. The highest BCUT2D eigenvalue weighted by atomic mass is 35.5. The van der Waals surface area contributed by atoms with E-state index < -0.39 is 5.97 Å². The average Bonchev–Trinajstić information content (AvgIpc) is 3.05. The second-order valence-corrected chi connectivity index (χ2v) is 7.81. The predicted octanol–water partition coefficient (Wildman–Crippen LogP) is -1.08. The summed E-state index contributed by atoms with van der Waals surface area (Å²) in [7, 11) is 0. The van der Waals surface area contributed by atoms with Crippen molar-refractivity contribution in [2.24, 2.45) is 5.92 Å². The summed E-state index contributed by atoms with van der Waals surface area (Å²) in [5.41, 5.74) is 2.43. The van der Waals surface area contributed by atoms with Crippen molar-refractivity contribution in [2.75, 3.05) is 19.6 Å². The van der Waals surface area contributed by atoms with Gasteiger partial charge in [0.1, 0.15) is 0 Å². The Bertz CT molecular complexity index is 800. The lowest BCUT2D eigenvalue weighted by molar-refractivity contribution is -0.664. The number of nitrogens with zero attached hydrogens (tertiary/aromatic N) is 1. The van der Waals surface area contributed by atoms with Gasteiger partial charge in [-0.25, -0.2) is 0 Å². The molecule has 6 nitrogen and oxygen atoms in total. The van der Waals surface area contributed by atoms with E-state index in [4.69, 9.17) is 5.11 Å². The summed E-state index contributed by atoms with van der Waals surface area (Å²) < 4.78 is 2.34. The Kier molecular flexibility index (Phi) is 9.48. The number of amides is 1. The van der Waals surface area contributed by atoms with Gasteiger partial charge >= 0.3 is 5.97 Å². The van der Waals surface area contributed by atoms with Crippen molar-refractivity contribution in [2.45, 2.75) is 51.5 Å². The van der Waals surface area contributed by atoms with Gasteiger partial charge in [0, 0.05) is 36.6 Å². The third kappa shape index (κ3) is 7.05. The number of halogens is 1. The number of hydrogen-bond donors (Lipinski definition) is 3. The van der Waals surface area contributed by atoms with E-state index in [1.54, 1.807) is 0 Å². The zero-order valence-electron chi connectivity index (χ0n) is 16.9.